The molecular weight excluding hydrogens is 120 g/mol. The molecule has 0 radical (unpaired) electrons. The van der Waals surface area contributed by atoms with E-state index in [1.807, 2.05) is 18.2 Å². The minimum Gasteiger partial charge on any atom is -0.103 e. The SMILES string of the molecule is C=C/C=C\C(C=C)CC=C. The molecule has 0 aromatic heterocycles. The molecule has 0 aliphatic heterocycles. The molecule has 54 valence electrons. The van der Waals surface area contributed by atoms with E-state index >= 15 is 0 Å². The van der Waals surface area contributed by atoms with Crippen molar-refractivity contribution in [1.82, 2.24) is 0 Å². The van der Waals surface area contributed by atoms with Crippen LogP contribution in [0.15, 0.2) is 50.1 Å². The van der Waals surface area contributed by atoms with Gasteiger partial charge in [0, 0.05) is 0 Å². The molecule has 0 rings (SSSR count). The summed E-state index contributed by atoms with van der Waals surface area (Å²) < 4.78 is 0. The molecule has 0 amide bonds. The Morgan fingerprint density at radius 2 is 1.90 bits per heavy atom. The summed E-state index contributed by atoms with van der Waals surface area (Å²) in [6, 6.07) is 0. The molecule has 0 bridgehead atoms. The Labute approximate surface area is 63.3 Å². The molecule has 0 saturated heterocycles. The van der Waals surface area contributed by atoms with E-state index in [-0.39, 0.29) is 0 Å². The van der Waals surface area contributed by atoms with Crippen molar-refractivity contribution in [2.75, 3.05) is 0 Å². The highest BCUT2D eigenvalue weighted by atomic mass is 14.0. The Kier molecular flexibility index (Phi) is 5.45. The lowest BCUT2D eigenvalue weighted by atomic mass is 10.1. The molecular formula is C10H14. The van der Waals surface area contributed by atoms with Crippen LogP contribution in [0, 0.1) is 5.92 Å². The van der Waals surface area contributed by atoms with Crippen LogP contribution >= 0.6 is 0 Å². The van der Waals surface area contributed by atoms with Crippen LogP contribution in [-0.2, 0) is 0 Å². The van der Waals surface area contributed by atoms with Crippen LogP contribution in [0.1, 0.15) is 6.42 Å². The summed E-state index contributed by atoms with van der Waals surface area (Å²) in [5, 5.41) is 0. The Morgan fingerprint density at radius 3 is 2.30 bits per heavy atom. The first-order valence-corrected chi connectivity index (χ1v) is 3.37. The first kappa shape index (κ1) is 8.96. The minimum absolute atomic E-state index is 0.412. The Morgan fingerprint density at radius 1 is 1.20 bits per heavy atom. The fourth-order valence-electron chi connectivity index (χ4n) is 0.667. The smallest absolute Gasteiger partial charge is 0.00186 e. The van der Waals surface area contributed by atoms with Crippen LogP contribution in [0.3, 0.4) is 0 Å². The summed E-state index contributed by atoms with van der Waals surface area (Å²) in [7, 11) is 0. The largest absolute Gasteiger partial charge is 0.103 e. The van der Waals surface area contributed by atoms with Gasteiger partial charge < -0.3 is 0 Å². The zero-order valence-corrected chi connectivity index (χ0v) is 6.29. The van der Waals surface area contributed by atoms with Crippen LogP contribution in [0.2, 0.25) is 0 Å². The normalized spacial score (nSPS) is 12.8. The molecule has 1 unspecified atom stereocenters. The van der Waals surface area contributed by atoms with Crippen molar-refractivity contribution in [3.8, 4) is 0 Å². The quantitative estimate of drug-likeness (QED) is 0.400. The summed E-state index contributed by atoms with van der Waals surface area (Å²) in [6.07, 6.45) is 10.5. The average Bonchev–Trinajstić information content (AvgIpc) is 1.98. The molecule has 0 heterocycles. The summed E-state index contributed by atoms with van der Waals surface area (Å²) in [5.74, 6) is 0.412. The second-order valence-electron chi connectivity index (χ2n) is 2.04. The standard InChI is InChI=1S/C10H14/c1-4-7-9-10(6-3)8-5-2/h4-7,9-10H,1-3,8H2/b9-7-. The van der Waals surface area contributed by atoms with Gasteiger partial charge in [-0.3, -0.25) is 0 Å². The maximum Gasteiger partial charge on any atom is -0.00186 e. The molecule has 0 aliphatic carbocycles. The van der Waals surface area contributed by atoms with Crippen LogP contribution in [0.5, 0.6) is 0 Å². The molecule has 1 atom stereocenters. The van der Waals surface area contributed by atoms with Gasteiger partial charge in [-0.2, -0.15) is 0 Å². The first-order chi connectivity index (χ1) is 4.85. The molecule has 0 aromatic carbocycles. The Balaban J connectivity index is 3.80. The number of hydrogen-bond acceptors (Lipinski definition) is 0. The first-order valence-electron chi connectivity index (χ1n) is 3.37. The highest BCUT2D eigenvalue weighted by Crippen LogP contribution is 2.05. The van der Waals surface area contributed by atoms with E-state index in [1.165, 1.54) is 0 Å². The van der Waals surface area contributed by atoms with Crippen LogP contribution < -0.4 is 0 Å². The molecule has 0 N–H and O–H groups in total. The van der Waals surface area contributed by atoms with Gasteiger partial charge in [0.05, 0.1) is 0 Å². The fourth-order valence-corrected chi connectivity index (χ4v) is 0.667. The molecule has 0 heteroatoms. The third-order valence-corrected chi connectivity index (χ3v) is 1.24. The van der Waals surface area contributed by atoms with E-state index in [0.29, 0.717) is 5.92 Å². The van der Waals surface area contributed by atoms with Gasteiger partial charge in [-0.05, 0) is 12.3 Å². The maximum atomic E-state index is 3.70. The van der Waals surface area contributed by atoms with Crippen LogP contribution in [0.4, 0.5) is 0 Å². The summed E-state index contributed by atoms with van der Waals surface area (Å²) in [4.78, 5) is 0. The van der Waals surface area contributed by atoms with Gasteiger partial charge in [-0.25, -0.2) is 0 Å². The van der Waals surface area contributed by atoms with E-state index in [2.05, 4.69) is 25.8 Å². The van der Waals surface area contributed by atoms with Gasteiger partial charge in [0.15, 0.2) is 0 Å². The van der Waals surface area contributed by atoms with Crippen molar-refractivity contribution >= 4 is 0 Å². The van der Waals surface area contributed by atoms with Gasteiger partial charge in [0.1, 0.15) is 0 Å². The Hall–Kier alpha value is -1.04. The minimum atomic E-state index is 0.412. The fraction of sp³-hybridized carbons (Fsp3) is 0.200. The van der Waals surface area contributed by atoms with Crippen LogP contribution in [-0.4, -0.2) is 0 Å². The molecule has 0 spiro atoms. The highest BCUT2D eigenvalue weighted by molar-refractivity contribution is 5.05. The average molecular weight is 134 g/mol. The molecule has 0 aromatic rings. The third-order valence-electron chi connectivity index (χ3n) is 1.24. The van der Waals surface area contributed by atoms with Gasteiger partial charge >= 0.3 is 0 Å². The predicted molar refractivity (Wildman–Crippen MR) is 47.8 cm³/mol. The summed E-state index contributed by atoms with van der Waals surface area (Å²) in [5.41, 5.74) is 0. The van der Waals surface area contributed by atoms with Crippen molar-refractivity contribution in [1.29, 1.82) is 0 Å². The van der Waals surface area contributed by atoms with E-state index in [4.69, 9.17) is 0 Å². The van der Waals surface area contributed by atoms with Crippen LogP contribution in [0.25, 0.3) is 0 Å². The van der Waals surface area contributed by atoms with Crippen molar-refractivity contribution in [2.24, 2.45) is 5.92 Å². The second kappa shape index (κ2) is 6.09. The summed E-state index contributed by atoms with van der Waals surface area (Å²) in [6.45, 7) is 10.9. The Bertz CT molecular complexity index is 140. The second-order valence-corrected chi connectivity index (χ2v) is 2.04. The zero-order valence-electron chi connectivity index (χ0n) is 6.29. The molecule has 0 fully saturated rings. The topological polar surface area (TPSA) is 0 Å². The lowest BCUT2D eigenvalue weighted by Gasteiger charge is -1.99. The molecule has 0 nitrogen and oxygen atoms in total. The molecule has 0 saturated carbocycles. The van der Waals surface area contributed by atoms with Gasteiger partial charge in [-0.15, -0.1) is 13.2 Å². The summed E-state index contributed by atoms with van der Waals surface area (Å²) >= 11 is 0. The zero-order chi connectivity index (χ0) is 7.82. The molecule has 10 heavy (non-hydrogen) atoms. The predicted octanol–water partition coefficient (Wildman–Crippen LogP) is 3.11. The van der Waals surface area contributed by atoms with E-state index in [1.54, 1.807) is 6.08 Å². The van der Waals surface area contributed by atoms with Crippen molar-refractivity contribution in [3.63, 3.8) is 0 Å². The molecule has 0 aliphatic rings. The lowest BCUT2D eigenvalue weighted by molar-refractivity contribution is 0.836. The van der Waals surface area contributed by atoms with E-state index < -0.39 is 0 Å². The van der Waals surface area contributed by atoms with Crippen molar-refractivity contribution in [3.05, 3.63) is 50.1 Å². The lowest BCUT2D eigenvalue weighted by Crippen LogP contribution is -1.86. The van der Waals surface area contributed by atoms with Gasteiger partial charge in [0.25, 0.3) is 0 Å². The number of rotatable bonds is 5. The monoisotopic (exact) mass is 134 g/mol. The maximum absolute atomic E-state index is 3.70. The van der Waals surface area contributed by atoms with Gasteiger partial charge in [-0.1, -0.05) is 37.0 Å². The number of hydrogen-bond donors (Lipinski definition) is 0. The number of allylic oxidation sites excluding steroid dienone is 5. The van der Waals surface area contributed by atoms with E-state index in [0.717, 1.165) is 6.42 Å². The van der Waals surface area contributed by atoms with Crippen molar-refractivity contribution in [2.45, 2.75) is 6.42 Å². The third kappa shape index (κ3) is 3.90. The highest BCUT2D eigenvalue weighted by Gasteiger charge is 1.92. The van der Waals surface area contributed by atoms with E-state index in [9.17, 15) is 0 Å². The van der Waals surface area contributed by atoms with Crippen molar-refractivity contribution < 1.29 is 0 Å². The van der Waals surface area contributed by atoms with Gasteiger partial charge in [0.2, 0.25) is 0 Å².